The minimum absolute atomic E-state index is 0.0211. The van der Waals surface area contributed by atoms with Gasteiger partial charge in [0.2, 0.25) is 5.91 Å². The van der Waals surface area contributed by atoms with Gasteiger partial charge in [-0.3, -0.25) is 9.52 Å². The number of carbonyl (C=O) groups is 1. The fraction of sp³-hybridized carbons (Fsp3) is 0.192. The third-order valence-electron chi connectivity index (χ3n) is 6.02. The van der Waals surface area contributed by atoms with E-state index < -0.39 is 10.0 Å². The van der Waals surface area contributed by atoms with Crippen LogP contribution in [-0.4, -0.2) is 44.0 Å². The van der Waals surface area contributed by atoms with Gasteiger partial charge in [0.05, 0.1) is 39.8 Å². The molecule has 12 heteroatoms. The van der Waals surface area contributed by atoms with E-state index in [2.05, 4.69) is 30.6 Å². The first-order valence-corrected chi connectivity index (χ1v) is 13.7. The average Bonchev–Trinajstić information content (AvgIpc) is 3.46. The second kappa shape index (κ2) is 10.8. The fourth-order valence-electron chi connectivity index (χ4n) is 4.08. The maximum absolute atomic E-state index is 13.4. The first kappa shape index (κ1) is 25.7. The smallest absolute Gasteiger partial charge is 0.263 e. The molecule has 1 aromatic heterocycles. The Morgan fingerprint density at radius 2 is 1.79 bits per heavy atom. The fourth-order valence-corrected chi connectivity index (χ4v) is 5.30. The van der Waals surface area contributed by atoms with E-state index in [1.807, 2.05) is 6.07 Å². The van der Waals surface area contributed by atoms with Gasteiger partial charge < -0.3 is 20.7 Å². The highest BCUT2D eigenvalue weighted by Gasteiger charge is 2.23. The van der Waals surface area contributed by atoms with Crippen LogP contribution in [0.25, 0.3) is 11.0 Å². The highest BCUT2D eigenvalue weighted by atomic mass is 35.5. The Bertz CT molecular complexity index is 1610. The highest BCUT2D eigenvalue weighted by Crippen LogP contribution is 2.33. The number of fused-ring (bicyclic) bond motifs is 1. The first-order chi connectivity index (χ1) is 18.3. The van der Waals surface area contributed by atoms with E-state index in [4.69, 9.17) is 16.3 Å². The van der Waals surface area contributed by atoms with Crippen molar-refractivity contribution in [1.82, 2.24) is 15.3 Å². The number of rotatable bonds is 8. The number of nitrogens with one attached hydrogen (secondary N) is 4. The Balaban J connectivity index is 1.47. The van der Waals surface area contributed by atoms with Gasteiger partial charge in [-0.15, -0.1) is 0 Å². The van der Waals surface area contributed by atoms with Gasteiger partial charge in [-0.2, -0.15) is 0 Å². The van der Waals surface area contributed by atoms with E-state index in [1.54, 1.807) is 48.5 Å². The molecule has 0 aliphatic carbocycles. The zero-order chi connectivity index (χ0) is 26.7. The van der Waals surface area contributed by atoms with Gasteiger partial charge in [0, 0.05) is 11.8 Å². The van der Waals surface area contributed by atoms with Crippen molar-refractivity contribution in [3.05, 3.63) is 71.8 Å². The molecule has 4 N–H and O–H groups in total. The number of ether oxygens (including phenoxy) is 1. The Morgan fingerprint density at radius 3 is 2.50 bits per heavy atom. The van der Waals surface area contributed by atoms with Crippen molar-refractivity contribution in [3.8, 4) is 5.75 Å². The molecule has 2 heterocycles. The van der Waals surface area contributed by atoms with Crippen molar-refractivity contribution < 1.29 is 17.9 Å². The average molecular weight is 553 g/mol. The van der Waals surface area contributed by atoms with Crippen LogP contribution in [0.1, 0.15) is 12.8 Å². The van der Waals surface area contributed by atoms with Crippen LogP contribution < -0.4 is 25.4 Å². The van der Waals surface area contributed by atoms with Gasteiger partial charge in [-0.05, 0) is 61.9 Å². The van der Waals surface area contributed by atoms with Gasteiger partial charge in [0.1, 0.15) is 5.75 Å². The summed E-state index contributed by atoms with van der Waals surface area (Å²) in [5.74, 6) is 0.484. The van der Waals surface area contributed by atoms with Crippen LogP contribution in [0.5, 0.6) is 5.75 Å². The van der Waals surface area contributed by atoms with Crippen LogP contribution in [0.3, 0.4) is 0 Å². The van der Waals surface area contributed by atoms with Crippen molar-refractivity contribution in [2.24, 2.45) is 0 Å². The maximum atomic E-state index is 13.4. The summed E-state index contributed by atoms with van der Waals surface area (Å²) in [6, 6.07) is 17.9. The third kappa shape index (κ3) is 5.64. The molecule has 10 nitrogen and oxygen atoms in total. The second-order valence-electron chi connectivity index (χ2n) is 8.65. The Kier molecular flexibility index (Phi) is 7.32. The van der Waals surface area contributed by atoms with Crippen molar-refractivity contribution in [2.75, 3.05) is 29.0 Å². The number of halogens is 1. The van der Waals surface area contributed by atoms with Crippen molar-refractivity contribution in [2.45, 2.75) is 23.8 Å². The van der Waals surface area contributed by atoms with Crippen LogP contribution in [0.15, 0.2) is 71.6 Å². The molecular weight excluding hydrogens is 528 g/mol. The van der Waals surface area contributed by atoms with Crippen molar-refractivity contribution >= 4 is 61.6 Å². The lowest BCUT2D eigenvalue weighted by molar-refractivity contribution is -0.117. The van der Waals surface area contributed by atoms with Crippen molar-refractivity contribution in [3.63, 3.8) is 0 Å². The van der Waals surface area contributed by atoms with E-state index in [9.17, 15) is 13.2 Å². The highest BCUT2D eigenvalue weighted by molar-refractivity contribution is 7.92. The van der Waals surface area contributed by atoms with Gasteiger partial charge >= 0.3 is 0 Å². The predicted octanol–water partition coefficient (Wildman–Crippen LogP) is 4.53. The molecule has 0 saturated carbocycles. The Hall–Kier alpha value is -3.93. The maximum Gasteiger partial charge on any atom is 0.263 e. The summed E-state index contributed by atoms with van der Waals surface area (Å²) in [5, 5.41) is 9.37. The molecule has 3 aromatic carbocycles. The van der Waals surface area contributed by atoms with Crippen LogP contribution in [-0.2, 0) is 14.8 Å². The number of para-hydroxylation sites is 2. The molecule has 1 aliphatic rings. The minimum Gasteiger partial charge on any atom is -0.497 e. The van der Waals surface area contributed by atoms with Crippen LogP contribution in [0.4, 0.5) is 23.0 Å². The second-order valence-corrected chi connectivity index (χ2v) is 10.7. The molecule has 0 radical (unpaired) electrons. The molecule has 1 amide bonds. The summed E-state index contributed by atoms with van der Waals surface area (Å²) in [7, 11) is -2.58. The third-order valence-corrected chi connectivity index (χ3v) is 7.68. The Morgan fingerprint density at radius 1 is 1.03 bits per heavy atom. The summed E-state index contributed by atoms with van der Waals surface area (Å²) in [5.41, 5.74) is 1.89. The minimum atomic E-state index is -4.11. The topological polar surface area (TPSA) is 134 Å². The molecule has 38 heavy (non-hydrogen) atoms. The lowest BCUT2D eigenvalue weighted by atomic mass is 10.2. The summed E-state index contributed by atoms with van der Waals surface area (Å²) >= 11 is 6.36. The number of hydrogen-bond acceptors (Lipinski definition) is 8. The summed E-state index contributed by atoms with van der Waals surface area (Å²) in [6.07, 6.45) is 1.65. The molecule has 1 saturated heterocycles. The summed E-state index contributed by atoms with van der Waals surface area (Å²) in [4.78, 5) is 21.5. The number of aromatic nitrogens is 2. The molecule has 1 fully saturated rings. The van der Waals surface area contributed by atoms with E-state index in [-0.39, 0.29) is 28.5 Å². The Labute approximate surface area is 224 Å². The normalized spacial score (nSPS) is 15.3. The van der Waals surface area contributed by atoms with Crippen LogP contribution in [0, 0.1) is 0 Å². The standard InChI is InChI=1S/C26H25ClN6O4S/c1-37-17-11-12-19(27)23(15-17)32-24-25(31-21-9-3-2-8-20(21)30-24)33-38(35,36)18-7-4-6-16(14-18)29-26(34)22-10-5-13-28-22/h2-4,6-9,11-12,14-15,22,28H,5,10,13H2,1H3,(H,29,34)(H,30,32)(H,31,33)/t22-/m1/s1. The number of amides is 1. The lowest BCUT2D eigenvalue weighted by Crippen LogP contribution is -2.35. The molecule has 196 valence electrons. The largest absolute Gasteiger partial charge is 0.497 e. The van der Waals surface area contributed by atoms with E-state index >= 15 is 0 Å². The number of benzene rings is 3. The quantitative estimate of drug-likeness (QED) is 0.250. The monoisotopic (exact) mass is 552 g/mol. The molecular formula is C26H25ClN6O4S. The summed E-state index contributed by atoms with van der Waals surface area (Å²) < 4.78 is 34.7. The molecule has 1 aliphatic heterocycles. The van der Waals surface area contributed by atoms with E-state index in [0.29, 0.717) is 33.2 Å². The van der Waals surface area contributed by atoms with E-state index in [1.165, 1.54) is 19.2 Å². The van der Waals surface area contributed by atoms with Crippen LogP contribution in [0.2, 0.25) is 5.02 Å². The van der Waals surface area contributed by atoms with Gasteiger partial charge in [0.25, 0.3) is 10.0 Å². The van der Waals surface area contributed by atoms with Gasteiger partial charge in [-0.1, -0.05) is 29.8 Å². The number of nitrogens with zero attached hydrogens (tertiary/aromatic N) is 2. The number of sulfonamides is 1. The number of anilines is 4. The summed E-state index contributed by atoms with van der Waals surface area (Å²) in [6.45, 7) is 0.778. The van der Waals surface area contributed by atoms with Gasteiger partial charge in [-0.25, -0.2) is 18.4 Å². The van der Waals surface area contributed by atoms with Gasteiger partial charge in [0.15, 0.2) is 11.6 Å². The molecule has 5 rings (SSSR count). The first-order valence-electron chi connectivity index (χ1n) is 11.9. The lowest BCUT2D eigenvalue weighted by Gasteiger charge is -2.16. The molecule has 0 unspecified atom stereocenters. The zero-order valence-electron chi connectivity index (χ0n) is 20.4. The number of hydrogen-bond donors (Lipinski definition) is 4. The molecule has 4 aromatic rings. The molecule has 0 bridgehead atoms. The van der Waals surface area contributed by atoms with Crippen molar-refractivity contribution in [1.29, 1.82) is 0 Å². The zero-order valence-corrected chi connectivity index (χ0v) is 21.9. The molecule has 0 spiro atoms. The van der Waals surface area contributed by atoms with E-state index in [0.717, 1.165) is 19.4 Å². The number of carbonyl (C=O) groups excluding carboxylic acids is 1. The molecule has 1 atom stereocenters. The number of methoxy groups -OCH3 is 1. The predicted molar refractivity (Wildman–Crippen MR) is 148 cm³/mol. The van der Waals surface area contributed by atoms with Crippen LogP contribution >= 0.6 is 11.6 Å². The SMILES string of the molecule is COc1ccc(Cl)c(Nc2nc3ccccc3nc2NS(=O)(=O)c2cccc(NC(=O)[C@H]3CCCN3)c2)c1.